The largest absolute Gasteiger partial charge is 0.496 e. The van der Waals surface area contributed by atoms with Gasteiger partial charge in [0.15, 0.2) is 5.58 Å². The van der Waals surface area contributed by atoms with Gasteiger partial charge < -0.3 is 9.15 Å². The summed E-state index contributed by atoms with van der Waals surface area (Å²) in [5.74, 6) is 0.0387. The number of hydrogen-bond acceptors (Lipinski definition) is 5. The number of hydrogen-bond donors (Lipinski definition) is 2. The van der Waals surface area contributed by atoms with Crippen molar-refractivity contribution < 1.29 is 17.6 Å². The summed E-state index contributed by atoms with van der Waals surface area (Å²) >= 11 is 0. The van der Waals surface area contributed by atoms with Crippen molar-refractivity contribution in [1.82, 2.24) is 4.98 Å². The number of oxazole rings is 1. The van der Waals surface area contributed by atoms with Crippen LogP contribution in [0.15, 0.2) is 50.5 Å². The quantitative estimate of drug-likeness (QED) is 0.762. The Morgan fingerprint density at radius 3 is 2.65 bits per heavy atom. The van der Waals surface area contributed by atoms with Gasteiger partial charge in [0.2, 0.25) is 0 Å². The van der Waals surface area contributed by atoms with E-state index < -0.39 is 15.8 Å². The maximum Gasteiger partial charge on any atom is 0.417 e. The van der Waals surface area contributed by atoms with Gasteiger partial charge in [-0.3, -0.25) is 9.71 Å². The van der Waals surface area contributed by atoms with E-state index >= 15 is 0 Å². The molecule has 0 atom stereocenters. The molecule has 2 N–H and O–H groups in total. The number of ether oxygens (including phenoxy) is 1. The van der Waals surface area contributed by atoms with Gasteiger partial charge in [-0.25, -0.2) is 13.2 Å². The summed E-state index contributed by atoms with van der Waals surface area (Å²) in [7, 11) is -2.25. The molecule has 0 aliphatic carbocycles. The monoisotopic (exact) mass is 334 g/mol. The van der Waals surface area contributed by atoms with Gasteiger partial charge in [-0.15, -0.1) is 0 Å². The van der Waals surface area contributed by atoms with E-state index in [4.69, 9.17) is 9.15 Å². The van der Waals surface area contributed by atoms with E-state index in [2.05, 4.69) is 9.71 Å². The van der Waals surface area contributed by atoms with Crippen molar-refractivity contribution in [3.8, 4) is 5.75 Å². The molecule has 3 aromatic rings. The number of nitrogens with one attached hydrogen (secondary N) is 2. The molecule has 2 aromatic carbocycles. The van der Waals surface area contributed by atoms with Crippen molar-refractivity contribution in [1.29, 1.82) is 0 Å². The fraction of sp³-hybridized carbons (Fsp3) is 0.133. The van der Waals surface area contributed by atoms with Crippen LogP contribution in [0.2, 0.25) is 0 Å². The first-order valence-corrected chi connectivity index (χ1v) is 8.18. The highest BCUT2D eigenvalue weighted by Crippen LogP contribution is 2.24. The molecule has 0 aliphatic heterocycles. The molecule has 120 valence electrons. The molecule has 0 saturated carbocycles. The fourth-order valence-electron chi connectivity index (χ4n) is 2.25. The molecule has 23 heavy (non-hydrogen) atoms. The maximum atomic E-state index is 12.4. The smallest absolute Gasteiger partial charge is 0.417 e. The van der Waals surface area contributed by atoms with Gasteiger partial charge in [-0.1, -0.05) is 0 Å². The first-order valence-electron chi connectivity index (χ1n) is 6.69. The molecule has 0 spiro atoms. The highest BCUT2D eigenvalue weighted by molar-refractivity contribution is 7.92. The Hall–Kier alpha value is -2.74. The van der Waals surface area contributed by atoms with E-state index in [1.165, 1.54) is 18.2 Å². The summed E-state index contributed by atoms with van der Waals surface area (Å²) in [6.07, 6.45) is 0. The summed E-state index contributed by atoms with van der Waals surface area (Å²) in [6.45, 7) is 1.82. The van der Waals surface area contributed by atoms with E-state index in [1.807, 2.05) is 6.92 Å². The highest BCUT2D eigenvalue weighted by atomic mass is 32.2. The summed E-state index contributed by atoms with van der Waals surface area (Å²) < 4.78 is 37.4. The predicted molar refractivity (Wildman–Crippen MR) is 85.4 cm³/mol. The van der Waals surface area contributed by atoms with Crippen molar-refractivity contribution in [2.45, 2.75) is 11.8 Å². The van der Waals surface area contributed by atoms with Crippen LogP contribution in [-0.4, -0.2) is 20.5 Å². The second-order valence-electron chi connectivity index (χ2n) is 4.96. The number of rotatable bonds is 4. The van der Waals surface area contributed by atoms with Crippen molar-refractivity contribution >= 4 is 26.8 Å². The zero-order valence-electron chi connectivity index (χ0n) is 12.4. The van der Waals surface area contributed by atoms with Crippen molar-refractivity contribution in [3.05, 3.63) is 52.5 Å². The van der Waals surface area contributed by atoms with E-state index in [1.54, 1.807) is 25.3 Å². The number of anilines is 1. The molecule has 0 bridgehead atoms. The minimum atomic E-state index is -3.80. The Kier molecular flexibility index (Phi) is 3.61. The number of H-pyrrole nitrogens is 1. The number of fused-ring (bicyclic) bond motifs is 1. The SMILES string of the molecule is COc1ccc(NS(=O)(=O)c2ccc3[nH]c(=O)oc3c2)cc1C. The zero-order chi connectivity index (χ0) is 16.6. The number of methoxy groups -OCH3 is 1. The number of aromatic nitrogens is 1. The Labute approximate surface area is 131 Å². The molecule has 0 aliphatic rings. The van der Waals surface area contributed by atoms with Gasteiger partial charge in [-0.05, 0) is 42.8 Å². The zero-order valence-corrected chi connectivity index (χ0v) is 13.2. The number of aryl methyl sites for hydroxylation is 1. The van der Waals surface area contributed by atoms with Crippen LogP contribution in [0, 0.1) is 6.92 Å². The van der Waals surface area contributed by atoms with Gasteiger partial charge in [0, 0.05) is 11.8 Å². The highest BCUT2D eigenvalue weighted by Gasteiger charge is 2.16. The Morgan fingerprint density at radius 2 is 1.96 bits per heavy atom. The van der Waals surface area contributed by atoms with Gasteiger partial charge in [0.05, 0.1) is 17.5 Å². The van der Waals surface area contributed by atoms with Gasteiger partial charge in [0.25, 0.3) is 10.0 Å². The van der Waals surface area contributed by atoms with Crippen LogP contribution in [0.25, 0.3) is 11.1 Å². The van der Waals surface area contributed by atoms with Crippen molar-refractivity contribution in [2.24, 2.45) is 0 Å². The molecule has 3 rings (SSSR count). The average molecular weight is 334 g/mol. The summed E-state index contributed by atoms with van der Waals surface area (Å²) in [5.41, 5.74) is 1.84. The number of sulfonamides is 1. The number of benzene rings is 2. The minimum absolute atomic E-state index is 0.00113. The lowest BCUT2D eigenvalue weighted by Gasteiger charge is -2.10. The normalized spacial score (nSPS) is 11.6. The molecule has 0 fully saturated rings. The molecular formula is C15H14N2O5S. The van der Waals surface area contributed by atoms with Crippen LogP contribution >= 0.6 is 0 Å². The Bertz CT molecular complexity index is 1030. The molecular weight excluding hydrogens is 320 g/mol. The molecule has 0 radical (unpaired) electrons. The lowest BCUT2D eigenvalue weighted by molar-refractivity contribution is 0.412. The van der Waals surface area contributed by atoms with Crippen LogP contribution in [0.3, 0.4) is 0 Å². The first kappa shape index (κ1) is 15.2. The third kappa shape index (κ3) is 2.93. The first-order chi connectivity index (χ1) is 10.9. The van der Waals surface area contributed by atoms with Gasteiger partial charge in [0.1, 0.15) is 5.75 Å². The molecule has 1 aromatic heterocycles. The predicted octanol–water partition coefficient (Wildman–Crippen LogP) is 2.24. The summed E-state index contributed by atoms with van der Waals surface area (Å²) in [5, 5.41) is 0. The Balaban J connectivity index is 1.96. The van der Waals surface area contributed by atoms with E-state index in [0.29, 0.717) is 17.0 Å². The van der Waals surface area contributed by atoms with Crippen molar-refractivity contribution in [3.63, 3.8) is 0 Å². The molecule has 1 heterocycles. The van der Waals surface area contributed by atoms with Crippen LogP contribution in [0.1, 0.15) is 5.56 Å². The second kappa shape index (κ2) is 5.47. The molecule has 0 unspecified atom stereocenters. The lowest BCUT2D eigenvalue weighted by atomic mass is 10.2. The fourth-order valence-corrected chi connectivity index (χ4v) is 3.31. The van der Waals surface area contributed by atoms with E-state index in [9.17, 15) is 13.2 Å². The third-order valence-electron chi connectivity index (χ3n) is 3.35. The van der Waals surface area contributed by atoms with Crippen LogP contribution < -0.4 is 15.2 Å². The third-order valence-corrected chi connectivity index (χ3v) is 4.73. The molecule has 0 saturated heterocycles. The standard InChI is InChI=1S/C15H14N2O5S/c1-9-7-10(3-6-13(9)21-2)17-23(19,20)11-4-5-12-14(8-11)22-15(18)16-12/h3-8,17H,1-2H3,(H,16,18). The van der Waals surface area contributed by atoms with Crippen molar-refractivity contribution in [2.75, 3.05) is 11.8 Å². The van der Waals surface area contributed by atoms with Crippen LogP contribution in [0.4, 0.5) is 5.69 Å². The van der Waals surface area contributed by atoms with Gasteiger partial charge >= 0.3 is 5.76 Å². The van der Waals surface area contributed by atoms with E-state index in [0.717, 1.165) is 5.56 Å². The maximum absolute atomic E-state index is 12.4. The second-order valence-corrected chi connectivity index (χ2v) is 6.64. The van der Waals surface area contributed by atoms with Gasteiger partial charge in [-0.2, -0.15) is 0 Å². The topological polar surface area (TPSA) is 101 Å². The number of aromatic amines is 1. The average Bonchev–Trinajstić information content (AvgIpc) is 2.86. The molecule has 7 nitrogen and oxygen atoms in total. The van der Waals surface area contributed by atoms with E-state index in [-0.39, 0.29) is 10.5 Å². The summed E-state index contributed by atoms with van der Waals surface area (Å²) in [4.78, 5) is 13.6. The minimum Gasteiger partial charge on any atom is -0.496 e. The van der Waals surface area contributed by atoms with Crippen LogP contribution in [0.5, 0.6) is 5.75 Å². The summed E-state index contributed by atoms with van der Waals surface area (Å²) in [6, 6.07) is 9.14. The Morgan fingerprint density at radius 1 is 1.17 bits per heavy atom. The van der Waals surface area contributed by atoms with Crippen LogP contribution in [-0.2, 0) is 10.0 Å². The molecule has 0 amide bonds. The lowest BCUT2D eigenvalue weighted by Crippen LogP contribution is -2.13. The molecule has 8 heteroatoms.